The molecule has 8 heteroatoms. The maximum absolute atomic E-state index is 12.6. The number of hydrogen-bond acceptors (Lipinski definition) is 5. The molecule has 21 heavy (non-hydrogen) atoms. The summed E-state index contributed by atoms with van der Waals surface area (Å²) in [5.41, 5.74) is 5.40. The molecular weight excluding hydrogens is 283 g/mol. The van der Waals surface area contributed by atoms with Crippen molar-refractivity contribution in [2.75, 3.05) is 37.2 Å². The Balaban J connectivity index is 1.93. The summed E-state index contributed by atoms with van der Waals surface area (Å²) in [7, 11) is 0. The van der Waals surface area contributed by atoms with E-state index in [1.54, 1.807) is 0 Å². The quantitative estimate of drug-likeness (QED) is 0.893. The van der Waals surface area contributed by atoms with E-state index in [4.69, 9.17) is 5.73 Å². The van der Waals surface area contributed by atoms with Gasteiger partial charge in [-0.15, -0.1) is 0 Å². The third-order valence-corrected chi connectivity index (χ3v) is 3.73. The van der Waals surface area contributed by atoms with Gasteiger partial charge in [0.05, 0.1) is 0 Å². The molecule has 2 heterocycles. The van der Waals surface area contributed by atoms with Crippen LogP contribution >= 0.6 is 0 Å². The number of nitrogens with one attached hydrogen (secondary N) is 1. The van der Waals surface area contributed by atoms with Gasteiger partial charge in [-0.25, -0.2) is 9.97 Å². The largest absolute Gasteiger partial charge is 0.451 e. The van der Waals surface area contributed by atoms with Crippen molar-refractivity contribution < 1.29 is 13.2 Å². The highest BCUT2D eigenvalue weighted by atomic mass is 19.4. The van der Waals surface area contributed by atoms with Crippen molar-refractivity contribution in [3.63, 3.8) is 0 Å². The van der Waals surface area contributed by atoms with Gasteiger partial charge in [0.25, 0.3) is 0 Å². The lowest BCUT2D eigenvalue weighted by molar-refractivity contribution is -0.144. The number of nitrogens with two attached hydrogens (primary N) is 1. The Morgan fingerprint density at radius 2 is 2.00 bits per heavy atom. The van der Waals surface area contributed by atoms with E-state index in [-0.39, 0.29) is 11.6 Å². The molecule has 0 saturated carbocycles. The molecule has 0 unspecified atom stereocenters. The van der Waals surface area contributed by atoms with Crippen molar-refractivity contribution >= 4 is 11.6 Å². The van der Waals surface area contributed by atoms with Crippen LogP contribution in [0.3, 0.4) is 0 Å². The summed E-state index contributed by atoms with van der Waals surface area (Å²) in [5.74, 6) is -0.808. The van der Waals surface area contributed by atoms with Gasteiger partial charge in [-0.05, 0) is 38.4 Å². The molecule has 0 aliphatic carbocycles. The van der Waals surface area contributed by atoms with Crippen LogP contribution in [0.1, 0.15) is 25.6 Å². The summed E-state index contributed by atoms with van der Waals surface area (Å²) in [6.45, 7) is 5.83. The van der Waals surface area contributed by atoms with Crippen LogP contribution in [0.2, 0.25) is 0 Å². The zero-order valence-electron chi connectivity index (χ0n) is 12.0. The third-order valence-electron chi connectivity index (χ3n) is 3.73. The van der Waals surface area contributed by atoms with Crippen LogP contribution in [0.25, 0.3) is 0 Å². The monoisotopic (exact) mass is 303 g/mol. The summed E-state index contributed by atoms with van der Waals surface area (Å²) >= 11 is 0. The maximum atomic E-state index is 12.6. The predicted octanol–water partition coefficient (Wildman–Crippen LogP) is 2.22. The fourth-order valence-electron chi connectivity index (χ4n) is 2.44. The standard InChI is InChI=1S/C13H20F3N5/c1-2-21-5-3-9(4-6-21)8-18-11-7-10(17)19-12(20-11)13(14,15)16/h7,9H,2-6,8H2,1H3,(H3,17,18,19,20). The van der Waals surface area contributed by atoms with Gasteiger partial charge in [0.1, 0.15) is 11.6 Å². The average Bonchev–Trinajstić information content (AvgIpc) is 2.44. The molecular formula is C13H20F3N5. The van der Waals surface area contributed by atoms with Gasteiger partial charge in [0, 0.05) is 12.6 Å². The number of nitrogens with zero attached hydrogens (tertiary/aromatic N) is 3. The van der Waals surface area contributed by atoms with E-state index in [0.717, 1.165) is 32.5 Å². The molecule has 1 aliphatic heterocycles. The fraction of sp³-hybridized carbons (Fsp3) is 0.692. The van der Waals surface area contributed by atoms with Gasteiger partial charge >= 0.3 is 6.18 Å². The molecule has 0 aromatic carbocycles. The van der Waals surface area contributed by atoms with Gasteiger partial charge < -0.3 is 16.0 Å². The first kappa shape index (κ1) is 15.8. The molecule has 1 saturated heterocycles. The Labute approximate surface area is 121 Å². The summed E-state index contributed by atoms with van der Waals surface area (Å²) in [6.07, 6.45) is -2.51. The topological polar surface area (TPSA) is 67.1 Å². The van der Waals surface area contributed by atoms with Gasteiger partial charge in [-0.1, -0.05) is 6.92 Å². The second-order valence-electron chi connectivity index (χ2n) is 5.26. The molecule has 2 rings (SSSR count). The van der Waals surface area contributed by atoms with Crippen molar-refractivity contribution in [2.45, 2.75) is 25.9 Å². The van der Waals surface area contributed by atoms with Crippen LogP contribution in [-0.2, 0) is 6.18 Å². The van der Waals surface area contributed by atoms with Crippen LogP contribution < -0.4 is 11.1 Å². The van der Waals surface area contributed by atoms with Gasteiger partial charge in [-0.2, -0.15) is 13.2 Å². The molecule has 0 amide bonds. The van der Waals surface area contributed by atoms with Crippen molar-refractivity contribution in [1.29, 1.82) is 0 Å². The van der Waals surface area contributed by atoms with E-state index in [0.29, 0.717) is 12.5 Å². The predicted molar refractivity (Wildman–Crippen MR) is 74.8 cm³/mol. The number of hydrogen-bond donors (Lipinski definition) is 2. The molecule has 5 nitrogen and oxygen atoms in total. The third kappa shape index (κ3) is 4.45. The van der Waals surface area contributed by atoms with Crippen molar-refractivity contribution in [3.05, 3.63) is 11.9 Å². The Bertz CT molecular complexity index is 469. The van der Waals surface area contributed by atoms with Gasteiger partial charge in [-0.3, -0.25) is 0 Å². The number of rotatable bonds is 4. The number of aromatic nitrogens is 2. The molecule has 0 radical (unpaired) electrons. The number of nitrogen functional groups attached to an aromatic ring is 1. The number of anilines is 2. The molecule has 1 aliphatic rings. The zero-order valence-corrected chi connectivity index (χ0v) is 12.0. The Morgan fingerprint density at radius 3 is 2.57 bits per heavy atom. The summed E-state index contributed by atoms with van der Waals surface area (Å²) in [4.78, 5) is 9.06. The molecule has 118 valence electrons. The average molecular weight is 303 g/mol. The highest BCUT2D eigenvalue weighted by Crippen LogP contribution is 2.28. The van der Waals surface area contributed by atoms with Gasteiger partial charge in [0.2, 0.25) is 5.82 Å². The highest BCUT2D eigenvalue weighted by molar-refractivity contribution is 5.44. The Morgan fingerprint density at radius 1 is 1.33 bits per heavy atom. The Hall–Kier alpha value is -1.57. The second-order valence-corrected chi connectivity index (χ2v) is 5.26. The molecule has 0 spiro atoms. The fourth-order valence-corrected chi connectivity index (χ4v) is 2.44. The minimum atomic E-state index is -4.59. The molecule has 1 fully saturated rings. The summed E-state index contributed by atoms with van der Waals surface area (Å²) in [5, 5.41) is 2.95. The lowest BCUT2D eigenvalue weighted by atomic mass is 9.97. The lowest BCUT2D eigenvalue weighted by Gasteiger charge is -2.31. The maximum Gasteiger partial charge on any atom is 0.451 e. The van der Waals surface area contributed by atoms with Crippen LogP contribution in [0.15, 0.2) is 6.07 Å². The molecule has 0 bridgehead atoms. The van der Waals surface area contributed by atoms with Crippen molar-refractivity contribution in [2.24, 2.45) is 5.92 Å². The van der Waals surface area contributed by atoms with Crippen LogP contribution in [-0.4, -0.2) is 41.0 Å². The molecule has 0 atom stereocenters. The second kappa shape index (κ2) is 6.46. The van der Waals surface area contributed by atoms with Crippen molar-refractivity contribution in [3.8, 4) is 0 Å². The van der Waals surface area contributed by atoms with Crippen LogP contribution in [0, 0.1) is 5.92 Å². The first-order chi connectivity index (χ1) is 9.88. The summed E-state index contributed by atoms with van der Waals surface area (Å²) in [6, 6.07) is 1.33. The number of alkyl halides is 3. The van der Waals surface area contributed by atoms with E-state index in [9.17, 15) is 13.2 Å². The molecule has 1 aromatic heterocycles. The minimum Gasteiger partial charge on any atom is -0.384 e. The summed E-state index contributed by atoms with van der Waals surface area (Å²) < 4.78 is 37.8. The SMILES string of the molecule is CCN1CCC(CNc2cc(N)nc(C(F)(F)F)n2)CC1. The van der Waals surface area contributed by atoms with E-state index in [1.807, 2.05) is 0 Å². The van der Waals surface area contributed by atoms with E-state index in [2.05, 4.69) is 27.1 Å². The van der Waals surface area contributed by atoms with E-state index >= 15 is 0 Å². The normalized spacial score (nSPS) is 17.9. The Kier molecular flexibility index (Phi) is 4.87. The highest BCUT2D eigenvalue weighted by Gasteiger charge is 2.35. The van der Waals surface area contributed by atoms with E-state index < -0.39 is 12.0 Å². The van der Waals surface area contributed by atoms with Gasteiger partial charge in [0.15, 0.2) is 0 Å². The molecule has 3 N–H and O–H groups in total. The lowest BCUT2D eigenvalue weighted by Crippen LogP contribution is -2.35. The zero-order chi connectivity index (χ0) is 15.5. The number of piperidine rings is 1. The first-order valence-electron chi connectivity index (χ1n) is 7.06. The van der Waals surface area contributed by atoms with E-state index in [1.165, 1.54) is 6.07 Å². The molecule has 1 aromatic rings. The smallest absolute Gasteiger partial charge is 0.384 e. The van der Waals surface area contributed by atoms with Crippen LogP contribution in [0.5, 0.6) is 0 Å². The minimum absolute atomic E-state index is 0.132. The number of halogens is 3. The van der Waals surface area contributed by atoms with Crippen molar-refractivity contribution in [1.82, 2.24) is 14.9 Å². The first-order valence-corrected chi connectivity index (χ1v) is 7.06. The van der Waals surface area contributed by atoms with Crippen LogP contribution in [0.4, 0.5) is 24.8 Å². The number of likely N-dealkylation sites (tertiary alicyclic amines) is 1.